The van der Waals surface area contributed by atoms with Crippen molar-refractivity contribution in [2.75, 3.05) is 11.9 Å². The zero-order valence-corrected chi connectivity index (χ0v) is 9.99. The number of hydrazine groups is 1. The number of nitrogens with two attached hydrogens (primary N) is 1. The maximum atomic E-state index is 5.39. The summed E-state index contributed by atoms with van der Waals surface area (Å²) in [7, 11) is 0. The summed E-state index contributed by atoms with van der Waals surface area (Å²) in [6, 6.07) is 3.80. The van der Waals surface area contributed by atoms with E-state index in [1.165, 1.54) is 0 Å². The number of aromatic nitrogens is 1. The molecule has 0 radical (unpaired) electrons. The van der Waals surface area contributed by atoms with Crippen LogP contribution in [-0.2, 0) is 0 Å². The van der Waals surface area contributed by atoms with Crippen LogP contribution >= 0.6 is 0 Å². The molecule has 1 aromatic heterocycles. The van der Waals surface area contributed by atoms with Crippen molar-refractivity contribution in [3.8, 4) is 0 Å². The third kappa shape index (κ3) is 3.86. The number of aliphatic imine (C=N–C) groups is 1. The Bertz CT molecular complexity index is 359. The zero-order chi connectivity index (χ0) is 12.0. The van der Waals surface area contributed by atoms with Gasteiger partial charge in [-0.25, -0.2) is 5.84 Å². The van der Waals surface area contributed by atoms with Gasteiger partial charge >= 0.3 is 0 Å². The van der Waals surface area contributed by atoms with Crippen molar-refractivity contribution < 1.29 is 0 Å². The lowest BCUT2D eigenvalue weighted by Gasteiger charge is -2.11. The number of aryl methyl sites for hydroxylation is 1. The van der Waals surface area contributed by atoms with Crippen molar-refractivity contribution in [1.29, 1.82) is 0 Å². The monoisotopic (exact) mass is 221 g/mol. The first-order valence-electron chi connectivity index (χ1n) is 5.33. The molecule has 0 bridgehead atoms. The highest BCUT2D eigenvalue weighted by molar-refractivity contribution is 5.93. The second kappa shape index (κ2) is 6.07. The van der Waals surface area contributed by atoms with E-state index in [0.29, 0.717) is 11.9 Å². The molecule has 1 rings (SSSR count). The minimum Gasteiger partial charge on any atom is -0.324 e. The van der Waals surface area contributed by atoms with Crippen LogP contribution in [0.2, 0.25) is 0 Å². The maximum Gasteiger partial charge on any atom is 0.210 e. The topological polar surface area (TPSA) is 75.3 Å². The van der Waals surface area contributed by atoms with Crippen LogP contribution in [0.25, 0.3) is 0 Å². The third-order valence-electron chi connectivity index (χ3n) is 2.01. The molecule has 16 heavy (non-hydrogen) atoms. The van der Waals surface area contributed by atoms with Crippen LogP contribution in [0.4, 0.5) is 5.69 Å². The summed E-state index contributed by atoms with van der Waals surface area (Å²) in [6.45, 7) is 6.87. The molecule has 0 aliphatic carbocycles. The number of hydrogen-bond acceptors (Lipinski definition) is 3. The molecule has 88 valence electrons. The second-order valence-corrected chi connectivity index (χ2v) is 3.99. The molecule has 0 aliphatic rings. The van der Waals surface area contributed by atoms with Gasteiger partial charge in [-0.1, -0.05) is 13.8 Å². The first-order valence-corrected chi connectivity index (χ1v) is 5.33. The highest BCUT2D eigenvalue weighted by Gasteiger charge is 2.01. The first kappa shape index (κ1) is 12.4. The molecule has 0 fully saturated rings. The number of pyridine rings is 1. The lowest BCUT2D eigenvalue weighted by Crippen LogP contribution is -2.36. The minimum atomic E-state index is 0.500. The highest BCUT2D eigenvalue weighted by Crippen LogP contribution is 2.09. The Labute approximate surface area is 96.1 Å². The van der Waals surface area contributed by atoms with E-state index in [4.69, 9.17) is 5.84 Å². The van der Waals surface area contributed by atoms with E-state index in [0.717, 1.165) is 17.9 Å². The molecule has 0 atom stereocenters. The predicted octanol–water partition coefficient (Wildman–Crippen LogP) is 1.28. The van der Waals surface area contributed by atoms with Crippen LogP contribution in [0.3, 0.4) is 0 Å². The molecule has 0 saturated carbocycles. The standard InChI is InChI=1S/C11H19N5/c1-8(2)7-14-11(16-12)15-10-5-4-6-13-9(10)3/h4-6,8H,7,12H2,1-3H3,(H2,14,15,16). The number of guanidine groups is 1. The molecular formula is C11H19N5. The van der Waals surface area contributed by atoms with Crippen molar-refractivity contribution in [1.82, 2.24) is 10.4 Å². The number of nitrogens with one attached hydrogen (secondary N) is 2. The summed E-state index contributed by atoms with van der Waals surface area (Å²) in [4.78, 5) is 8.50. The molecule has 5 heteroatoms. The van der Waals surface area contributed by atoms with Gasteiger partial charge in [-0.05, 0) is 25.0 Å². The molecule has 5 nitrogen and oxygen atoms in total. The molecule has 1 heterocycles. The van der Waals surface area contributed by atoms with E-state index in [2.05, 4.69) is 34.6 Å². The fourth-order valence-corrected chi connectivity index (χ4v) is 1.14. The van der Waals surface area contributed by atoms with Gasteiger partial charge in [0.05, 0.1) is 11.4 Å². The van der Waals surface area contributed by atoms with E-state index >= 15 is 0 Å². The maximum absolute atomic E-state index is 5.39. The predicted molar refractivity (Wildman–Crippen MR) is 67.1 cm³/mol. The van der Waals surface area contributed by atoms with E-state index in [1.807, 2.05) is 19.1 Å². The van der Waals surface area contributed by atoms with Gasteiger partial charge in [-0.15, -0.1) is 0 Å². The smallest absolute Gasteiger partial charge is 0.210 e. The summed E-state index contributed by atoms with van der Waals surface area (Å²) in [5.74, 6) is 6.45. The van der Waals surface area contributed by atoms with Crippen LogP contribution in [-0.4, -0.2) is 17.5 Å². The van der Waals surface area contributed by atoms with Gasteiger partial charge in [0.15, 0.2) is 0 Å². The summed E-state index contributed by atoms with van der Waals surface area (Å²) in [5.41, 5.74) is 4.36. The van der Waals surface area contributed by atoms with Crippen LogP contribution < -0.4 is 16.6 Å². The largest absolute Gasteiger partial charge is 0.324 e. The Hall–Kier alpha value is -1.62. The van der Waals surface area contributed by atoms with E-state index < -0.39 is 0 Å². The van der Waals surface area contributed by atoms with Crippen molar-refractivity contribution in [2.45, 2.75) is 20.8 Å². The van der Waals surface area contributed by atoms with E-state index in [9.17, 15) is 0 Å². The molecule has 0 aliphatic heterocycles. The van der Waals surface area contributed by atoms with Crippen molar-refractivity contribution in [3.63, 3.8) is 0 Å². The van der Waals surface area contributed by atoms with Gasteiger partial charge < -0.3 is 5.32 Å². The van der Waals surface area contributed by atoms with E-state index in [-0.39, 0.29) is 0 Å². The number of rotatable bonds is 3. The fraction of sp³-hybridized carbons (Fsp3) is 0.455. The molecule has 0 saturated heterocycles. The summed E-state index contributed by atoms with van der Waals surface area (Å²) >= 11 is 0. The average Bonchev–Trinajstić information content (AvgIpc) is 2.26. The number of anilines is 1. The molecule has 1 aromatic rings. The molecular weight excluding hydrogens is 202 g/mol. The second-order valence-electron chi connectivity index (χ2n) is 3.99. The molecule has 0 aromatic carbocycles. The Balaban J connectivity index is 2.70. The van der Waals surface area contributed by atoms with Crippen molar-refractivity contribution in [2.24, 2.45) is 16.8 Å². The lowest BCUT2D eigenvalue weighted by atomic mass is 10.2. The van der Waals surface area contributed by atoms with Crippen LogP contribution in [0.15, 0.2) is 23.3 Å². The van der Waals surface area contributed by atoms with Gasteiger partial charge in [0.1, 0.15) is 0 Å². The SMILES string of the molecule is Cc1ncccc1NC(=NCC(C)C)NN. The quantitative estimate of drug-likeness (QED) is 0.311. The molecule has 0 unspecified atom stereocenters. The van der Waals surface area contributed by atoms with Gasteiger partial charge in [-0.2, -0.15) is 0 Å². The summed E-state index contributed by atoms with van der Waals surface area (Å²) in [6.07, 6.45) is 1.75. The van der Waals surface area contributed by atoms with E-state index in [1.54, 1.807) is 6.20 Å². The normalized spacial score (nSPS) is 11.7. The Morgan fingerprint density at radius 3 is 2.88 bits per heavy atom. The molecule has 0 amide bonds. The fourth-order valence-electron chi connectivity index (χ4n) is 1.14. The Kier molecular flexibility index (Phi) is 4.72. The van der Waals surface area contributed by atoms with Crippen LogP contribution in [0.5, 0.6) is 0 Å². The highest BCUT2D eigenvalue weighted by atomic mass is 15.3. The summed E-state index contributed by atoms with van der Waals surface area (Å²) in [5, 5.41) is 3.10. The van der Waals surface area contributed by atoms with Gasteiger partial charge in [0.2, 0.25) is 5.96 Å². The Morgan fingerprint density at radius 2 is 2.31 bits per heavy atom. The molecule has 4 N–H and O–H groups in total. The number of nitrogens with zero attached hydrogens (tertiary/aromatic N) is 2. The van der Waals surface area contributed by atoms with Gasteiger partial charge in [0, 0.05) is 12.7 Å². The third-order valence-corrected chi connectivity index (χ3v) is 2.01. The lowest BCUT2D eigenvalue weighted by molar-refractivity contribution is 0.663. The summed E-state index contributed by atoms with van der Waals surface area (Å²) < 4.78 is 0. The number of hydrogen-bond donors (Lipinski definition) is 3. The zero-order valence-electron chi connectivity index (χ0n) is 9.99. The van der Waals surface area contributed by atoms with Crippen molar-refractivity contribution >= 4 is 11.6 Å². The average molecular weight is 221 g/mol. The van der Waals surface area contributed by atoms with Crippen LogP contribution in [0.1, 0.15) is 19.5 Å². The van der Waals surface area contributed by atoms with Gasteiger partial charge in [0.25, 0.3) is 0 Å². The molecule has 0 spiro atoms. The van der Waals surface area contributed by atoms with Crippen LogP contribution in [0, 0.1) is 12.8 Å². The first-order chi connectivity index (χ1) is 7.63. The Morgan fingerprint density at radius 1 is 1.56 bits per heavy atom. The minimum absolute atomic E-state index is 0.500. The van der Waals surface area contributed by atoms with Gasteiger partial charge in [-0.3, -0.25) is 15.4 Å². The van der Waals surface area contributed by atoms with Crippen molar-refractivity contribution in [3.05, 3.63) is 24.0 Å².